The van der Waals surface area contributed by atoms with Crippen LogP contribution in [0.1, 0.15) is 104 Å². The summed E-state index contributed by atoms with van der Waals surface area (Å²) in [4.78, 5) is 114. The number of nitrogens with two attached hydrogens (primary N) is 5. The van der Waals surface area contributed by atoms with E-state index in [0.29, 0.717) is 45.1 Å². The van der Waals surface area contributed by atoms with Crippen molar-refractivity contribution in [1.29, 1.82) is 0 Å². The normalized spacial score (nSPS) is 17.4. The standard InChI is InChI=1S/C48H75N13O9/c1-5-27(3)39(41(49)65)60-43(67)35(14-10-22-55-48(52)53)58-45(69)36(25-38(63)64)59-46(70)40(28(4)6-2)61-44(68)34(13-9-21-54-47(50)51)57-42(66)32-19-15-29(16-20-32)26-56-37(62)24-30-17-18-31-11-7-8-12-33(31)23-30/h7-8,11-12,17-18,23,27-29,32,34-36,39-40H,5-6,9-10,13-16,19-22,24-26H2,1-4H3,(H2,49,65)(H,56,62)(H,57,66)(H,58,69)(H,59,70)(H,60,67)(H,61,68)(H,63,64)(H4,50,51,54)(H4,52,53,55)/t27-,28-,29?,32?,34-,35-,36-,39-,40-/m0/s1. The molecule has 22 heteroatoms. The zero-order chi connectivity index (χ0) is 51.9. The van der Waals surface area contributed by atoms with Crippen molar-refractivity contribution >= 4 is 70.0 Å². The summed E-state index contributed by atoms with van der Waals surface area (Å²) in [6.07, 6.45) is 3.07. The second kappa shape index (κ2) is 29.1. The number of guanidine groups is 2. The number of hydrogen-bond donors (Lipinski definition) is 12. The van der Waals surface area contributed by atoms with E-state index in [1.165, 1.54) is 0 Å². The molecular weight excluding hydrogens is 903 g/mol. The number of carboxylic acid groups (broad SMARTS) is 1. The van der Waals surface area contributed by atoms with Crippen LogP contribution in [0.15, 0.2) is 52.4 Å². The topological polar surface area (TPSA) is 384 Å². The number of fused-ring (bicyclic) bond motifs is 1. The van der Waals surface area contributed by atoms with Gasteiger partial charge in [0.2, 0.25) is 41.4 Å². The minimum absolute atomic E-state index is 0.0527. The van der Waals surface area contributed by atoms with Crippen LogP contribution in [0.5, 0.6) is 0 Å². The second-order valence-electron chi connectivity index (χ2n) is 18.2. The number of carboxylic acids is 1. The summed E-state index contributed by atoms with van der Waals surface area (Å²) in [6.45, 7) is 7.65. The summed E-state index contributed by atoms with van der Waals surface area (Å²) in [7, 11) is 0. The first-order valence-corrected chi connectivity index (χ1v) is 24.1. The van der Waals surface area contributed by atoms with Crippen LogP contribution in [-0.4, -0.2) is 114 Å². The van der Waals surface area contributed by atoms with Gasteiger partial charge in [-0.15, -0.1) is 0 Å². The molecule has 0 bridgehead atoms. The predicted molar refractivity (Wildman–Crippen MR) is 266 cm³/mol. The van der Waals surface area contributed by atoms with Gasteiger partial charge < -0.3 is 65.7 Å². The zero-order valence-corrected chi connectivity index (χ0v) is 40.8. The van der Waals surface area contributed by atoms with Gasteiger partial charge in [-0.3, -0.25) is 48.3 Å². The van der Waals surface area contributed by atoms with Crippen molar-refractivity contribution in [2.45, 2.75) is 135 Å². The van der Waals surface area contributed by atoms with E-state index in [9.17, 15) is 43.5 Å². The van der Waals surface area contributed by atoms with Gasteiger partial charge in [-0.05, 0) is 85.5 Å². The molecule has 22 nitrogen and oxygen atoms in total. The molecule has 386 valence electrons. The number of nitrogens with zero attached hydrogens (tertiary/aromatic N) is 2. The summed E-state index contributed by atoms with van der Waals surface area (Å²) in [5.74, 6) is -7.65. The lowest BCUT2D eigenvalue weighted by molar-refractivity contribution is -0.142. The fourth-order valence-corrected chi connectivity index (χ4v) is 8.17. The van der Waals surface area contributed by atoms with Gasteiger partial charge in [0, 0.05) is 25.6 Å². The van der Waals surface area contributed by atoms with Crippen LogP contribution < -0.4 is 60.6 Å². The Morgan fingerprint density at radius 3 is 1.70 bits per heavy atom. The first-order valence-electron chi connectivity index (χ1n) is 24.1. The lowest BCUT2D eigenvalue weighted by Gasteiger charge is -2.31. The largest absolute Gasteiger partial charge is 0.481 e. The third-order valence-electron chi connectivity index (χ3n) is 12.8. The van der Waals surface area contributed by atoms with Gasteiger partial charge in [-0.1, -0.05) is 83.0 Å². The first-order chi connectivity index (χ1) is 33.2. The number of aliphatic carboxylic acids is 1. The Labute approximate surface area is 409 Å². The van der Waals surface area contributed by atoms with E-state index in [4.69, 9.17) is 28.7 Å². The highest BCUT2D eigenvalue weighted by Crippen LogP contribution is 2.29. The number of rotatable bonds is 29. The maximum absolute atomic E-state index is 14.1. The Morgan fingerprint density at radius 1 is 0.643 bits per heavy atom. The Hall–Kier alpha value is -7.00. The van der Waals surface area contributed by atoms with Crippen molar-refractivity contribution in [3.63, 3.8) is 0 Å². The number of carbonyl (C=O) groups is 8. The fraction of sp³-hybridized carbons (Fsp3) is 0.583. The molecule has 70 heavy (non-hydrogen) atoms. The second-order valence-corrected chi connectivity index (χ2v) is 18.2. The van der Waals surface area contributed by atoms with Crippen LogP contribution >= 0.6 is 0 Å². The molecular formula is C48H75N13O9. The minimum Gasteiger partial charge on any atom is -0.481 e. The maximum atomic E-state index is 14.1. The Kier molecular flexibility index (Phi) is 23.8. The summed E-state index contributed by atoms with van der Waals surface area (Å²) < 4.78 is 0. The number of carbonyl (C=O) groups excluding carboxylic acids is 7. The number of benzene rings is 2. The van der Waals surface area contributed by atoms with Crippen molar-refractivity contribution in [3.8, 4) is 0 Å². The molecule has 0 aliphatic heterocycles. The van der Waals surface area contributed by atoms with Gasteiger partial charge in [0.15, 0.2) is 11.9 Å². The summed E-state index contributed by atoms with van der Waals surface area (Å²) >= 11 is 0. The van der Waals surface area contributed by atoms with E-state index in [2.05, 4.69) is 41.9 Å². The van der Waals surface area contributed by atoms with Crippen molar-refractivity contribution in [1.82, 2.24) is 31.9 Å². The van der Waals surface area contributed by atoms with Crippen LogP contribution in [0.4, 0.5) is 0 Å². The highest BCUT2D eigenvalue weighted by molar-refractivity contribution is 5.97. The van der Waals surface area contributed by atoms with Gasteiger partial charge in [-0.2, -0.15) is 0 Å². The van der Waals surface area contributed by atoms with Crippen LogP contribution in [0, 0.1) is 23.7 Å². The van der Waals surface area contributed by atoms with Gasteiger partial charge in [0.05, 0.1) is 12.8 Å². The molecule has 17 N–H and O–H groups in total. The highest BCUT2D eigenvalue weighted by atomic mass is 16.4. The smallest absolute Gasteiger partial charge is 0.305 e. The van der Waals surface area contributed by atoms with Crippen molar-refractivity contribution in [2.75, 3.05) is 19.6 Å². The molecule has 1 aliphatic rings. The van der Waals surface area contributed by atoms with Gasteiger partial charge in [-0.25, -0.2) is 0 Å². The molecule has 3 rings (SSSR count). The molecule has 2 aromatic carbocycles. The van der Waals surface area contributed by atoms with E-state index >= 15 is 0 Å². The number of hydrogen-bond acceptors (Lipinski definition) is 10. The summed E-state index contributed by atoms with van der Waals surface area (Å²) in [5.41, 5.74) is 28.4. The third-order valence-corrected chi connectivity index (χ3v) is 12.8. The van der Waals surface area contributed by atoms with Gasteiger partial charge in [0.25, 0.3) is 0 Å². The molecule has 7 atom stereocenters. The van der Waals surface area contributed by atoms with Crippen LogP contribution in [0.2, 0.25) is 0 Å². The lowest BCUT2D eigenvalue weighted by atomic mass is 9.81. The molecule has 0 heterocycles. The minimum atomic E-state index is -1.73. The summed E-state index contributed by atoms with van der Waals surface area (Å²) in [5, 5.41) is 28.1. The highest BCUT2D eigenvalue weighted by Gasteiger charge is 2.36. The van der Waals surface area contributed by atoms with E-state index in [0.717, 1.165) is 16.3 Å². The quantitative estimate of drug-likeness (QED) is 0.0288. The number of amides is 7. The molecule has 1 aliphatic carbocycles. The molecule has 1 saturated carbocycles. The van der Waals surface area contributed by atoms with Gasteiger partial charge in [0.1, 0.15) is 30.2 Å². The van der Waals surface area contributed by atoms with E-state index in [1.807, 2.05) is 42.5 Å². The lowest BCUT2D eigenvalue weighted by Crippen LogP contribution is -2.60. The zero-order valence-electron chi connectivity index (χ0n) is 40.8. The van der Waals surface area contributed by atoms with E-state index < -0.39 is 84.0 Å². The molecule has 0 saturated heterocycles. The molecule has 0 radical (unpaired) electrons. The Morgan fingerprint density at radius 2 is 1.16 bits per heavy atom. The number of aliphatic imine (C=N–C) groups is 2. The van der Waals surface area contributed by atoms with Crippen molar-refractivity contribution in [2.24, 2.45) is 62.3 Å². The molecule has 0 spiro atoms. The Bertz CT molecular complexity index is 2170. The average Bonchev–Trinajstić information content (AvgIpc) is 3.32. The first kappa shape index (κ1) is 57.3. The molecule has 2 aromatic rings. The monoisotopic (exact) mass is 978 g/mol. The molecule has 0 aromatic heterocycles. The number of nitrogens with one attached hydrogen (secondary N) is 6. The summed E-state index contributed by atoms with van der Waals surface area (Å²) in [6, 6.07) is 7.30. The molecule has 7 amide bonds. The Balaban J connectivity index is 1.71. The van der Waals surface area contributed by atoms with Crippen molar-refractivity contribution < 1.29 is 43.5 Å². The average molecular weight is 978 g/mol. The number of primary amides is 1. The maximum Gasteiger partial charge on any atom is 0.305 e. The fourth-order valence-electron chi connectivity index (χ4n) is 8.17. The van der Waals surface area contributed by atoms with E-state index in [-0.39, 0.29) is 80.8 Å². The van der Waals surface area contributed by atoms with Crippen LogP contribution in [0.3, 0.4) is 0 Å². The third kappa shape index (κ3) is 19.5. The molecule has 0 unspecified atom stereocenters. The van der Waals surface area contributed by atoms with Crippen LogP contribution in [0.25, 0.3) is 10.8 Å². The predicted octanol–water partition coefficient (Wildman–Crippen LogP) is -0.112. The van der Waals surface area contributed by atoms with Crippen LogP contribution in [-0.2, 0) is 44.8 Å². The van der Waals surface area contributed by atoms with Crippen molar-refractivity contribution in [3.05, 3.63) is 48.0 Å². The molecule has 1 fully saturated rings. The van der Waals surface area contributed by atoms with Gasteiger partial charge >= 0.3 is 5.97 Å². The SMILES string of the molecule is CC[C@H](C)[C@H](NC(=O)[C@H](CCCN=C(N)N)NC(=O)[C@H](CC(=O)O)NC(=O)[C@@H](NC(=O)[C@H](CCCN=C(N)N)NC(=O)C1CCC(CNC(=O)Cc2ccc3ccccc3c2)CC1)[C@@H](C)CC)C(N)=O. The van der Waals surface area contributed by atoms with E-state index in [1.54, 1.807) is 27.7 Å².